The standard InChI is InChI=1S/C12H18N4O5/c1-3-4-8-10(16(20)21)11(14(2)13-8)15-6-7(17)5-9(15)12(18)19/h7,9,17H,3-6H2,1-2H3,(H,18,19). The van der Waals surface area contributed by atoms with Gasteiger partial charge in [-0.05, 0) is 6.42 Å². The molecule has 2 rings (SSSR count). The molecule has 9 nitrogen and oxygen atoms in total. The maximum atomic E-state index is 11.4. The fraction of sp³-hybridized carbons (Fsp3) is 0.667. The van der Waals surface area contributed by atoms with E-state index in [-0.39, 0.29) is 24.5 Å². The highest BCUT2D eigenvalue weighted by molar-refractivity contribution is 5.80. The third-order valence-electron chi connectivity index (χ3n) is 3.57. The number of β-amino-alcohol motifs (C(OH)–C–C–N with tert-alkyl or cyclic N) is 1. The highest BCUT2D eigenvalue weighted by atomic mass is 16.6. The number of nitro groups is 1. The number of aliphatic hydroxyl groups is 1. The third-order valence-corrected chi connectivity index (χ3v) is 3.57. The zero-order chi connectivity index (χ0) is 15.7. The number of aromatic nitrogens is 2. The quantitative estimate of drug-likeness (QED) is 0.592. The van der Waals surface area contributed by atoms with Crippen LogP contribution in [0.15, 0.2) is 0 Å². The van der Waals surface area contributed by atoms with Gasteiger partial charge in [-0.3, -0.25) is 10.1 Å². The van der Waals surface area contributed by atoms with Crippen LogP contribution in [0, 0.1) is 10.1 Å². The van der Waals surface area contributed by atoms with Gasteiger partial charge in [-0.2, -0.15) is 5.10 Å². The van der Waals surface area contributed by atoms with Crippen molar-refractivity contribution < 1.29 is 19.9 Å². The van der Waals surface area contributed by atoms with E-state index >= 15 is 0 Å². The highest BCUT2D eigenvalue weighted by Crippen LogP contribution is 2.36. The summed E-state index contributed by atoms with van der Waals surface area (Å²) in [6, 6.07) is -0.983. The van der Waals surface area contributed by atoms with Gasteiger partial charge >= 0.3 is 11.7 Å². The van der Waals surface area contributed by atoms with Crippen LogP contribution >= 0.6 is 0 Å². The number of aliphatic carboxylic acids is 1. The zero-order valence-corrected chi connectivity index (χ0v) is 11.9. The lowest BCUT2D eigenvalue weighted by atomic mass is 10.2. The van der Waals surface area contributed by atoms with Crippen molar-refractivity contribution in [2.75, 3.05) is 11.4 Å². The number of carboxylic acids is 1. The van der Waals surface area contributed by atoms with E-state index in [1.807, 2.05) is 6.92 Å². The van der Waals surface area contributed by atoms with Gasteiger partial charge in [-0.1, -0.05) is 13.3 Å². The normalized spacial score (nSPS) is 21.8. The third kappa shape index (κ3) is 2.68. The summed E-state index contributed by atoms with van der Waals surface area (Å²) in [5.41, 5.74) is 0.172. The first kappa shape index (κ1) is 15.2. The highest BCUT2D eigenvalue weighted by Gasteiger charge is 2.42. The lowest BCUT2D eigenvalue weighted by molar-refractivity contribution is -0.384. The van der Waals surface area contributed by atoms with Gasteiger partial charge in [0, 0.05) is 20.0 Å². The molecule has 2 unspecified atom stereocenters. The molecule has 1 saturated heterocycles. The lowest BCUT2D eigenvalue weighted by Crippen LogP contribution is -2.37. The van der Waals surface area contributed by atoms with Crippen molar-refractivity contribution in [2.45, 2.75) is 38.3 Å². The van der Waals surface area contributed by atoms with Crippen molar-refractivity contribution in [3.05, 3.63) is 15.8 Å². The van der Waals surface area contributed by atoms with Gasteiger partial charge in [-0.15, -0.1) is 0 Å². The van der Waals surface area contributed by atoms with Crippen LogP contribution in [0.5, 0.6) is 0 Å². The second kappa shape index (κ2) is 5.68. The molecule has 21 heavy (non-hydrogen) atoms. The summed E-state index contributed by atoms with van der Waals surface area (Å²) in [6.45, 7) is 1.93. The van der Waals surface area contributed by atoms with Crippen molar-refractivity contribution in [1.82, 2.24) is 9.78 Å². The molecular formula is C12H18N4O5. The molecule has 0 amide bonds. The van der Waals surface area contributed by atoms with E-state index in [1.165, 1.54) is 9.58 Å². The van der Waals surface area contributed by atoms with Crippen molar-refractivity contribution in [3.63, 3.8) is 0 Å². The molecule has 0 saturated carbocycles. The van der Waals surface area contributed by atoms with Crippen LogP contribution in [-0.4, -0.2) is 49.6 Å². The van der Waals surface area contributed by atoms with Crippen LogP contribution in [0.2, 0.25) is 0 Å². The molecule has 1 fully saturated rings. The number of aryl methyl sites for hydroxylation is 2. The average Bonchev–Trinajstić information content (AvgIpc) is 2.90. The van der Waals surface area contributed by atoms with Crippen LogP contribution in [0.25, 0.3) is 0 Å². The summed E-state index contributed by atoms with van der Waals surface area (Å²) in [6.07, 6.45) is 0.358. The van der Waals surface area contributed by atoms with Crippen molar-refractivity contribution in [1.29, 1.82) is 0 Å². The molecule has 0 aromatic carbocycles. The number of rotatable bonds is 5. The Morgan fingerprint density at radius 2 is 2.24 bits per heavy atom. The number of hydrogen-bond donors (Lipinski definition) is 2. The molecule has 2 N–H and O–H groups in total. The van der Waals surface area contributed by atoms with E-state index in [1.54, 1.807) is 7.05 Å². The van der Waals surface area contributed by atoms with E-state index in [2.05, 4.69) is 5.10 Å². The van der Waals surface area contributed by atoms with Gasteiger partial charge in [0.2, 0.25) is 5.82 Å². The Labute approximate surface area is 120 Å². The minimum absolute atomic E-state index is 0.0424. The first-order valence-electron chi connectivity index (χ1n) is 6.74. The minimum Gasteiger partial charge on any atom is -0.480 e. The molecule has 0 spiro atoms. The SMILES string of the molecule is CCCc1nn(C)c(N2CC(O)CC2C(=O)O)c1[N+](=O)[O-]. The monoisotopic (exact) mass is 298 g/mol. The molecule has 1 aliphatic heterocycles. The molecule has 0 bridgehead atoms. The first-order chi connectivity index (χ1) is 9.86. The van der Waals surface area contributed by atoms with E-state index in [0.29, 0.717) is 18.5 Å². The summed E-state index contributed by atoms with van der Waals surface area (Å²) >= 11 is 0. The van der Waals surface area contributed by atoms with Crippen molar-refractivity contribution in [3.8, 4) is 0 Å². The predicted molar refractivity (Wildman–Crippen MR) is 73.3 cm³/mol. The molecule has 9 heteroatoms. The zero-order valence-electron chi connectivity index (χ0n) is 11.9. The molecule has 0 radical (unpaired) electrons. The minimum atomic E-state index is -1.11. The number of carbonyl (C=O) groups is 1. The molecule has 116 valence electrons. The topological polar surface area (TPSA) is 122 Å². The maximum absolute atomic E-state index is 11.4. The summed E-state index contributed by atoms with van der Waals surface area (Å²) < 4.78 is 1.33. The molecule has 2 heterocycles. The molecule has 2 atom stereocenters. The average molecular weight is 298 g/mol. The van der Waals surface area contributed by atoms with Crippen molar-refractivity contribution in [2.24, 2.45) is 7.05 Å². The maximum Gasteiger partial charge on any atom is 0.334 e. The summed E-state index contributed by atoms with van der Waals surface area (Å²) in [5, 5.41) is 34.5. The first-order valence-corrected chi connectivity index (χ1v) is 6.74. The van der Waals surface area contributed by atoms with Crippen LogP contribution in [0.3, 0.4) is 0 Å². The van der Waals surface area contributed by atoms with Crippen LogP contribution in [0.1, 0.15) is 25.5 Å². The Morgan fingerprint density at radius 1 is 1.57 bits per heavy atom. The number of aliphatic hydroxyl groups excluding tert-OH is 1. The predicted octanol–water partition coefficient (Wildman–Crippen LogP) is 0.305. The van der Waals surface area contributed by atoms with E-state index in [9.17, 15) is 25.1 Å². The van der Waals surface area contributed by atoms with Gasteiger partial charge in [-0.25, -0.2) is 9.48 Å². The van der Waals surface area contributed by atoms with Crippen molar-refractivity contribution >= 4 is 17.5 Å². The number of hydrogen-bond acceptors (Lipinski definition) is 6. The number of anilines is 1. The summed E-state index contributed by atoms with van der Waals surface area (Å²) in [4.78, 5) is 23.5. The Balaban J connectivity index is 2.52. The number of carboxylic acid groups (broad SMARTS) is 1. The Bertz CT molecular complexity index is 570. The molecule has 1 aromatic heterocycles. The smallest absolute Gasteiger partial charge is 0.334 e. The Hall–Kier alpha value is -2.16. The number of nitrogens with zero attached hydrogens (tertiary/aromatic N) is 4. The lowest BCUT2D eigenvalue weighted by Gasteiger charge is -2.22. The summed E-state index contributed by atoms with van der Waals surface area (Å²) in [5.74, 6) is -0.966. The Morgan fingerprint density at radius 3 is 2.76 bits per heavy atom. The largest absolute Gasteiger partial charge is 0.480 e. The van der Waals surface area contributed by atoms with Crippen LogP contribution in [0.4, 0.5) is 11.5 Å². The van der Waals surface area contributed by atoms with Gasteiger partial charge in [0.15, 0.2) is 0 Å². The van der Waals surface area contributed by atoms with E-state index < -0.39 is 23.0 Å². The van der Waals surface area contributed by atoms with Crippen LogP contribution < -0.4 is 4.90 Å². The van der Waals surface area contributed by atoms with E-state index in [4.69, 9.17) is 0 Å². The second-order valence-corrected chi connectivity index (χ2v) is 5.15. The fourth-order valence-electron chi connectivity index (χ4n) is 2.75. The Kier molecular flexibility index (Phi) is 4.12. The summed E-state index contributed by atoms with van der Waals surface area (Å²) in [7, 11) is 1.55. The van der Waals surface area contributed by atoms with Gasteiger partial charge in [0.05, 0.1) is 11.0 Å². The molecule has 1 aliphatic rings. The second-order valence-electron chi connectivity index (χ2n) is 5.15. The molecular weight excluding hydrogens is 280 g/mol. The van der Waals surface area contributed by atoms with Crippen LogP contribution in [-0.2, 0) is 18.3 Å². The molecule has 1 aromatic rings. The molecule has 0 aliphatic carbocycles. The van der Waals surface area contributed by atoms with Gasteiger partial charge in [0.25, 0.3) is 0 Å². The van der Waals surface area contributed by atoms with Gasteiger partial charge in [0.1, 0.15) is 11.7 Å². The van der Waals surface area contributed by atoms with Gasteiger partial charge < -0.3 is 15.1 Å². The fourth-order valence-corrected chi connectivity index (χ4v) is 2.75. The van der Waals surface area contributed by atoms with E-state index in [0.717, 1.165) is 0 Å².